The molecule has 0 unspecified atom stereocenters. The molecule has 618 valence electrons. The van der Waals surface area contributed by atoms with E-state index in [4.69, 9.17) is 28.4 Å². The molecule has 6 saturated carbocycles. The highest BCUT2D eigenvalue weighted by atomic mass is 16.6. The molecular formula is C95H166O12. The highest BCUT2D eigenvalue weighted by Gasteiger charge is 2.46. The number of rotatable bonds is 24. The smallest absolute Gasteiger partial charge is 0.312 e. The average molecular weight is 1500 g/mol. The van der Waals surface area contributed by atoms with Crippen molar-refractivity contribution in [2.75, 3.05) is 0 Å². The number of allylic oxidation sites excluding steroid dienone is 2. The summed E-state index contributed by atoms with van der Waals surface area (Å²) >= 11 is 0. The highest BCUT2D eigenvalue weighted by Crippen LogP contribution is 2.45. The van der Waals surface area contributed by atoms with Crippen LogP contribution in [-0.2, 0) is 57.2 Å². The number of ether oxygens (including phenoxy) is 6. The zero-order valence-electron chi connectivity index (χ0n) is 74.4. The van der Waals surface area contributed by atoms with Gasteiger partial charge in [-0.3, -0.25) is 28.8 Å². The molecule has 12 heteroatoms. The van der Waals surface area contributed by atoms with E-state index < -0.39 is 33.0 Å². The maximum Gasteiger partial charge on any atom is 0.312 e. The molecule has 6 aliphatic rings. The molecule has 0 N–H and O–H groups in total. The van der Waals surface area contributed by atoms with Gasteiger partial charge in [0.1, 0.15) is 33.6 Å². The van der Waals surface area contributed by atoms with E-state index in [1.807, 2.05) is 165 Å². The predicted molar refractivity (Wildman–Crippen MR) is 448 cm³/mol. The molecule has 6 aliphatic carbocycles. The second kappa shape index (κ2) is 45.1. The van der Waals surface area contributed by atoms with Crippen LogP contribution in [0.25, 0.3) is 0 Å². The third kappa shape index (κ3) is 31.8. The SMILES string of the molecule is C/C=C/C1(OC(=O)C(C)(C)CC)CCCCC1.C=C(C)C1(OC(=O)C(C)(C)CC)CCC(C)CC1.C=C(C)C1(OC(=O)C(C)(C)CC)CCCCC1.C=C(C)C1(OC(=O)C(C)(C)CC)CCCCCC1.C=C(C)C1(OC(=O)C(C)(C)CC)CCCCCCC1.CCC(C)(C)C(=O)OC1(C=C(C)C)CCCCC1. The van der Waals surface area contributed by atoms with Crippen molar-refractivity contribution in [3.63, 3.8) is 0 Å². The van der Waals surface area contributed by atoms with Crippen molar-refractivity contribution < 1.29 is 57.2 Å². The standard InChI is InChI=1S/C17H30O2.3C16H28O2.2C15H26O2/c1-6-16(4,5)15(18)19-17(14(2)3)12-10-8-7-9-11-13-17;1-7-15(5,6)14(17)18-16(12(2)3)10-8-13(4)9-11-16;1-6-15(4,5)14(17)18-16(12-13(2)3)10-8-7-9-11-16;1-6-15(4,5)14(17)18-16(13(2)3)11-9-7-8-10-12-16;1-6-14(4,5)13(16)17-15(12(2)3)10-8-7-9-11-15;1-5-10-15(11-8-7-9-12-15)17-13(16)14(3,4)6-2/h2,6-13H2,1,3-5H3;13H,2,7-11H2,1,3-6H3;12H,6-11H2,1-5H3;2,6-12H2,1,3-5H3;2,6-11H2,1,3-5H3;5,10H,6-9,11-12H2,1-4H3/b;;;;;10-5+. The lowest BCUT2D eigenvalue weighted by molar-refractivity contribution is -0.171. The van der Waals surface area contributed by atoms with Crippen LogP contribution in [0.1, 0.15) is 424 Å². The Balaban J connectivity index is 0.000000642. The molecule has 0 aromatic carbocycles. The average Bonchev–Trinajstić information content (AvgIpc) is 1.14. The highest BCUT2D eigenvalue weighted by molar-refractivity contribution is 5.79. The van der Waals surface area contributed by atoms with Gasteiger partial charge in [0.25, 0.3) is 0 Å². The van der Waals surface area contributed by atoms with Crippen molar-refractivity contribution in [2.45, 2.75) is 458 Å². The molecule has 0 aromatic heterocycles. The molecule has 0 aliphatic heterocycles. The lowest BCUT2D eigenvalue weighted by atomic mass is 9.76. The number of hydrogen-bond acceptors (Lipinski definition) is 12. The monoisotopic (exact) mass is 1500 g/mol. The largest absolute Gasteiger partial charge is 0.454 e. The summed E-state index contributed by atoms with van der Waals surface area (Å²) in [4.78, 5) is 73.7. The second-order valence-corrected chi connectivity index (χ2v) is 37.8. The quantitative estimate of drug-likeness (QED) is 0.0390. The molecule has 0 amide bonds. The van der Waals surface area contributed by atoms with E-state index in [1.54, 1.807) is 0 Å². The molecule has 0 aromatic rings. The summed E-state index contributed by atoms with van der Waals surface area (Å²) in [5, 5.41) is 0. The van der Waals surface area contributed by atoms with Gasteiger partial charge in [0.15, 0.2) is 0 Å². The molecular weight excluding hydrogens is 1330 g/mol. The molecule has 0 atom stereocenters. The number of carbonyl (C=O) groups excluding carboxylic acids is 6. The summed E-state index contributed by atoms with van der Waals surface area (Å²) in [6.07, 6.45) is 46.2. The van der Waals surface area contributed by atoms with Crippen molar-refractivity contribution in [3.05, 3.63) is 72.4 Å². The minimum absolute atomic E-state index is 0.0515. The maximum absolute atomic E-state index is 12.4. The summed E-state index contributed by atoms with van der Waals surface area (Å²) in [5.74, 6) is 0.320. The Bertz CT molecular complexity index is 2830. The zero-order valence-corrected chi connectivity index (χ0v) is 74.4. The van der Waals surface area contributed by atoms with Crippen molar-refractivity contribution in [1.29, 1.82) is 0 Å². The van der Waals surface area contributed by atoms with E-state index in [-0.39, 0.29) is 68.9 Å². The molecule has 12 nitrogen and oxygen atoms in total. The lowest BCUT2D eigenvalue weighted by Gasteiger charge is -2.41. The third-order valence-corrected chi connectivity index (χ3v) is 25.7. The Hall–Kier alpha value is -4.74. The summed E-state index contributed by atoms with van der Waals surface area (Å²) < 4.78 is 35.5. The number of esters is 6. The summed E-state index contributed by atoms with van der Waals surface area (Å²) in [6.45, 7) is 68.3. The Morgan fingerprint density at radius 2 is 0.495 bits per heavy atom. The first-order chi connectivity index (χ1) is 49.5. The predicted octanol–water partition coefficient (Wildman–Crippen LogP) is 27.3. The fourth-order valence-electron chi connectivity index (χ4n) is 14.1. The summed E-state index contributed by atoms with van der Waals surface area (Å²) in [7, 11) is 0. The van der Waals surface area contributed by atoms with Gasteiger partial charge in [-0.15, -0.1) is 0 Å². The first kappa shape index (κ1) is 100. The van der Waals surface area contributed by atoms with Gasteiger partial charge in [0, 0.05) is 0 Å². The van der Waals surface area contributed by atoms with E-state index in [9.17, 15) is 28.8 Å². The van der Waals surface area contributed by atoms with Gasteiger partial charge in [0.05, 0.1) is 32.5 Å². The topological polar surface area (TPSA) is 158 Å². The van der Waals surface area contributed by atoms with Gasteiger partial charge in [0.2, 0.25) is 0 Å². The minimum atomic E-state index is -0.413. The Morgan fingerprint density at radius 3 is 0.710 bits per heavy atom. The maximum atomic E-state index is 12.4. The fraction of sp³-hybridized carbons (Fsp3) is 0.811. The van der Waals surface area contributed by atoms with Gasteiger partial charge in [-0.25, -0.2) is 0 Å². The summed E-state index contributed by atoms with van der Waals surface area (Å²) in [5.41, 5.74) is 0.654. The number of carbonyl (C=O) groups is 6. The van der Waals surface area contributed by atoms with Crippen molar-refractivity contribution in [1.82, 2.24) is 0 Å². The van der Waals surface area contributed by atoms with E-state index in [0.717, 1.165) is 221 Å². The Kier molecular flexibility index (Phi) is 42.2. The number of hydrogen-bond donors (Lipinski definition) is 0. The van der Waals surface area contributed by atoms with Crippen LogP contribution in [0.15, 0.2) is 72.4 Å². The van der Waals surface area contributed by atoms with E-state index >= 15 is 0 Å². The normalized spacial score (nSPS) is 21.4. The third-order valence-electron chi connectivity index (χ3n) is 25.7. The Labute approximate surface area is 658 Å². The minimum Gasteiger partial charge on any atom is -0.454 e. The lowest BCUT2D eigenvalue weighted by Crippen LogP contribution is -2.43. The van der Waals surface area contributed by atoms with Gasteiger partial charge >= 0.3 is 35.8 Å². The molecule has 107 heavy (non-hydrogen) atoms. The van der Waals surface area contributed by atoms with Crippen molar-refractivity contribution in [2.24, 2.45) is 38.4 Å². The van der Waals surface area contributed by atoms with Crippen LogP contribution in [0.5, 0.6) is 0 Å². The molecule has 0 radical (unpaired) electrons. The first-order valence-electron chi connectivity index (χ1n) is 42.9. The van der Waals surface area contributed by atoms with Crippen LogP contribution in [0, 0.1) is 38.4 Å². The van der Waals surface area contributed by atoms with Crippen LogP contribution < -0.4 is 0 Å². The Morgan fingerprint density at radius 1 is 0.308 bits per heavy atom. The van der Waals surface area contributed by atoms with Gasteiger partial charge in [-0.05, 0) is 365 Å². The summed E-state index contributed by atoms with van der Waals surface area (Å²) in [6, 6.07) is 0. The van der Waals surface area contributed by atoms with Crippen molar-refractivity contribution >= 4 is 35.8 Å². The van der Waals surface area contributed by atoms with Crippen molar-refractivity contribution in [3.8, 4) is 0 Å². The molecule has 0 spiro atoms. The van der Waals surface area contributed by atoms with E-state index in [1.165, 1.54) is 56.9 Å². The van der Waals surface area contributed by atoms with Crippen LogP contribution in [0.2, 0.25) is 0 Å². The van der Waals surface area contributed by atoms with Gasteiger partial charge in [-0.1, -0.05) is 138 Å². The second-order valence-electron chi connectivity index (χ2n) is 37.8. The van der Waals surface area contributed by atoms with Gasteiger partial charge in [-0.2, -0.15) is 0 Å². The van der Waals surface area contributed by atoms with Crippen LogP contribution in [0.3, 0.4) is 0 Å². The molecule has 0 saturated heterocycles. The van der Waals surface area contributed by atoms with Crippen LogP contribution in [-0.4, -0.2) is 69.4 Å². The van der Waals surface area contributed by atoms with Crippen LogP contribution in [0.4, 0.5) is 0 Å². The van der Waals surface area contributed by atoms with Gasteiger partial charge < -0.3 is 28.4 Å². The van der Waals surface area contributed by atoms with Crippen LogP contribution >= 0.6 is 0 Å². The fourth-order valence-corrected chi connectivity index (χ4v) is 14.1. The van der Waals surface area contributed by atoms with E-state index in [0.29, 0.717) is 0 Å². The zero-order chi connectivity index (χ0) is 82.2. The van der Waals surface area contributed by atoms with E-state index in [2.05, 4.69) is 59.2 Å². The first-order valence-corrected chi connectivity index (χ1v) is 42.9. The molecule has 6 rings (SSSR count). The molecule has 0 heterocycles. The molecule has 0 bridgehead atoms. The molecule has 6 fully saturated rings.